The van der Waals surface area contributed by atoms with Crippen LogP contribution in [0.2, 0.25) is 0 Å². The summed E-state index contributed by atoms with van der Waals surface area (Å²) in [6, 6.07) is 2.56. The van der Waals surface area contributed by atoms with Gasteiger partial charge in [-0.2, -0.15) is 4.39 Å². The molecule has 1 aromatic rings. The van der Waals surface area contributed by atoms with Crippen molar-refractivity contribution in [1.82, 2.24) is 0 Å². The molecular formula is C7H5BrFNO2. The molecule has 1 aromatic carbocycles. The van der Waals surface area contributed by atoms with Gasteiger partial charge in [-0.25, -0.2) is 0 Å². The Bertz CT molecular complexity index is 340. The number of rotatable bonds is 1. The average molecular weight is 234 g/mol. The molecule has 64 valence electrons. The maximum Gasteiger partial charge on any atom is 0.319 e. The summed E-state index contributed by atoms with van der Waals surface area (Å²) in [5.41, 5.74) is 0.137. The monoisotopic (exact) mass is 233 g/mol. The van der Waals surface area contributed by atoms with Gasteiger partial charge in [-0.1, -0.05) is 6.07 Å². The predicted octanol–water partition coefficient (Wildman–Crippen LogP) is 2.80. The van der Waals surface area contributed by atoms with Gasteiger partial charge in [-0.3, -0.25) is 10.1 Å². The van der Waals surface area contributed by atoms with Crippen molar-refractivity contribution in [2.45, 2.75) is 6.92 Å². The van der Waals surface area contributed by atoms with Crippen molar-refractivity contribution in [3.8, 4) is 0 Å². The Morgan fingerprint density at radius 2 is 2.17 bits per heavy atom. The molecule has 0 bridgehead atoms. The van der Waals surface area contributed by atoms with Crippen LogP contribution in [0, 0.1) is 22.9 Å². The normalized spacial score (nSPS) is 9.92. The van der Waals surface area contributed by atoms with Crippen molar-refractivity contribution in [2.24, 2.45) is 0 Å². The second-order valence-corrected chi connectivity index (χ2v) is 3.08. The lowest BCUT2D eigenvalue weighted by Crippen LogP contribution is -1.94. The van der Waals surface area contributed by atoms with Gasteiger partial charge in [0.1, 0.15) is 4.47 Å². The molecule has 0 aliphatic carbocycles. The number of benzene rings is 1. The summed E-state index contributed by atoms with van der Waals surface area (Å²) in [6.45, 7) is 1.66. The van der Waals surface area contributed by atoms with Crippen molar-refractivity contribution in [3.63, 3.8) is 0 Å². The Morgan fingerprint density at radius 3 is 2.58 bits per heavy atom. The smallest absolute Gasteiger partial charge is 0.258 e. The van der Waals surface area contributed by atoms with Crippen molar-refractivity contribution < 1.29 is 9.31 Å². The zero-order chi connectivity index (χ0) is 9.30. The molecule has 5 heteroatoms. The second kappa shape index (κ2) is 3.18. The van der Waals surface area contributed by atoms with E-state index in [4.69, 9.17) is 0 Å². The zero-order valence-electron chi connectivity index (χ0n) is 6.17. The van der Waals surface area contributed by atoms with Crippen LogP contribution in [0.5, 0.6) is 0 Å². The van der Waals surface area contributed by atoms with E-state index in [0.29, 0.717) is 5.56 Å². The largest absolute Gasteiger partial charge is 0.319 e. The van der Waals surface area contributed by atoms with Crippen LogP contribution in [0.3, 0.4) is 0 Å². The van der Waals surface area contributed by atoms with Gasteiger partial charge < -0.3 is 0 Å². The van der Waals surface area contributed by atoms with E-state index < -0.39 is 16.4 Å². The molecule has 0 spiro atoms. The van der Waals surface area contributed by atoms with Crippen molar-refractivity contribution in [1.29, 1.82) is 0 Å². The highest BCUT2D eigenvalue weighted by Gasteiger charge is 2.19. The van der Waals surface area contributed by atoms with Gasteiger partial charge >= 0.3 is 5.69 Å². The molecule has 0 saturated carbocycles. The average Bonchev–Trinajstić information content (AvgIpc) is 1.97. The standard InChI is InChI=1S/C7H5BrFNO2/c1-4-2-3-5(9)7(6(4)8)10(11)12/h2-3H,1H3. The highest BCUT2D eigenvalue weighted by Crippen LogP contribution is 2.30. The van der Waals surface area contributed by atoms with E-state index in [-0.39, 0.29) is 4.47 Å². The number of nitro groups is 1. The second-order valence-electron chi connectivity index (χ2n) is 2.28. The molecule has 1 rings (SSSR count). The first-order valence-electron chi connectivity index (χ1n) is 3.13. The molecule has 0 aliphatic heterocycles. The molecule has 3 nitrogen and oxygen atoms in total. The summed E-state index contributed by atoms with van der Waals surface area (Å²) in [6.07, 6.45) is 0. The minimum atomic E-state index is -0.822. The van der Waals surface area contributed by atoms with E-state index in [1.54, 1.807) is 6.92 Å². The predicted molar refractivity (Wildman–Crippen MR) is 45.5 cm³/mol. The molecule has 0 aliphatic rings. The van der Waals surface area contributed by atoms with Crippen LogP contribution >= 0.6 is 15.9 Å². The number of hydrogen-bond acceptors (Lipinski definition) is 2. The number of aryl methyl sites for hydroxylation is 1. The summed E-state index contributed by atoms with van der Waals surface area (Å²) >= 11 is 2.95. The summed E-state index contributed by atoms with van der Waals surface area (Å²) < 4.78 is 13.0. The molecule has 0 saturated heterocycles. The summed E-state index contributed by atoms with van der Waals surface area (Å²) in [5.74, 6) is -0.822. The first-order chi connectivity index (χ1) is 5.54. The molecule has 0 unspecified atom stereocenters. The van der Waals surface area contributed by atoms with Crippen LogP contribution in [0.1, 0.15) is 5.56 Å². The van der Waals surface area contributed by atoms with Gasteiger partial charge in [-0.05, 0) is 34.5 Å². The van der Waals surface area contributed by atoms with Crippen molar-refractivity contribution in [3.05, 3.63) is 38.1 Å². The van der Waals surface area contributed by atoms with Gasteiger partial charge in [0.2, 0.25) is 5.82 Å². The van der Waals surface area contributed by atoms with E-state index in [1.807, 2.05) is 0 Å². The van der Waals surface area contributed by atoms with Gasteiger partial charge in [-0.15, -0.1) is 0 Å². The minimum absolute atomic E-state index is 0.201. The fourth-order valence-electron chi connectivity index (χ4n) is 0.809. The minimum Gasteiger partial charge on any atom is -0.258 e. The summed E-state index contributed by atoms with van der Waals surface area (Å²) in [5, 5.41) is 10.3. The van der Waals surface area contributed by atoms with Crippen LogP contribution < -0.4 is 0 Å². The Hall–Kier alpha value is -0.970. The fourth-order valence-corrected chi connectivity index (χ4v) is 1.28. The SMILES string of the molecule is Cc1ccc(F)c([N+](=O)[O-])c1Br. The fraction of sp³-hybridized carbons (Fsp3) is 0.143. The number of halogens is 2. The van der Waals surface area contributed by atoms with Crippen LogP contribution in [0.25, 0.3) is 0 Å². The quantitative estimate of drug-likeness (QED) is 0.553. The van der Waals surface area contributed by atoms with Crippen LogP contribution in [0.4, 0.5) is 10.1 Å². The first kappa shape index (κ1) is 9.12. The molecule has 0 aromatic heterocycles. The van der Waals surface area contributed by atoms with Gasteiger partial charge in [0.25, 0.3) is 0 Å². The Morgan fingerprint density at radius 1 is 1.58 bits per heavy atom. The maximum absolute atomic E-state index is 12.8. The Kier molecular flexibility index (Phi) is 2.42. The molecule has 0 atom stereocenters. The van der Waals surface area contributed by atoms with Crippen LogP contribution in [-0.2, 0) is 0 Å². The molecule has 0 N–H and O–H groups in total. The van der Waals surface area contributed by atoms with E-state index in [1.165, 1.54) is 6.07 Å². The lowest BCUT2D eigenvalue weighted by molar-refractivity contribution is -0.388. The molecule has 12 heavy (non-hydrogen) atoms. The van der Waals surface area contributed by atoms with Gasteiger partial charge in [0.15, 0.2) is 0 Å². The van der Waals surface area contributed by atoms with E-state index in [2.05, 4.69) is 15.9 Å². The third-order valence-corrected chi connectivity index (χ3v) is 2.44. The lowest BCUT2D eigenvalue weighted by Gasteiger charge is -1.99. The lowest BCUT2D eigenvalue weighted by atomic mass is 10.2. The Balaban J connectivity index is 3.43. The Labute approximate surface area is 76.5 Å². The molecular weight excluding hydrogens is 229 g/mol. The highest BCUT2D eigenvalue weighted by molar-refractivity contribution is 9.10. The van der Waals surface area contributed by atoms with Crippen LogP contribution in [-0.4, -0.2) is 4.92 Å². The molecule has 0 amide bonds. The molecule has 0 radical (unpaired) electrons. The summed E-state index contributed by atoms with van der Waals surface area (Å²) in [7, 11) is 0. The zero-order valence-corrected chi connectivity index (χ0v) is 7.76. The summed E-state index contributed by atoms with van der Waals surface area (Å²) in [4.78, 5) is 9.59. The van der Waals surface area contributed by atoms with Crippen LogP contribution in [0.15, 0.2) is 16.6 Å². The molecule has 0 fully saturated rings. The maximum atomic E-state index is 12.8. The third-order valence-electron chi connectivity index (χ3n) is 1.44. The van der Waals surface area contributed by atoms with E-state index >= 15 is 0 Å². The number of nitro benzene ring substituents is 1. The highest BCUT2D eigenvalue weighted by atomic mass is 79.9. The van der Waals surface area contributed by atoms with Crippen molar-refractivity contribution in [2.75, 3.05) is 0 Å². The number of nitrogens with zero attached hydrogens (tertiary/aromatic N) is 1. The number of hydrogen-bond donors (Lipinski definition) is 0. The van der Waals surface area contributed by atoms with E-state index in [0.717, 1.165) is 6.07 Å². The van der Waals surface area contributed by atoms with Gasteiger partial charge in [0.05, 0.1) is 4.92 Å². The molecule has 0 heterocycles. The van der Waals surface area contributed by atoms with Gasteiger partial charge in [0, 0.05) is 0 Å². The van der Waals surface area contributed by atoms with Crippen molar-refractivity contribution >= 4 is 21.6 Å². The third kappa shape index (κ3) is 1.45. The first-order valence-corrected chi connectivity index (χ1v) is 3.92. The topological polar surface area (TPSA) is 43.1 Å². The van der Waals surface area contributed by atoms with E-state index in [9.17, 15) is 14.5 Å².